The van der Waals surface area contributed by atoms with Crippen molar-refractivity contribution in [2.45, 2.75) is 13.0 Å². The van der Waals surface area contributed by atoms with Crippen LogP contribution in [0.25, 0.3) is 0 Å². The van der Waals surface area contributed by atoms with Gasteiger partial charge in [-0.1, -0.05) is 0 Å². The van der Waals surface area contributed by atoms with Gasteiger partial charge in [0.05, 0.1) is 5.69 Å². The van der Waals surface area contributed by atoms with Crippen molar-refractivity contribution in [3.8, 4) is 0 Å². The SMILES string of the molecule is Cc1csc(NCC2CN(C)CCN2C)n1. The van der Waals surface area contributed by atoms with E-state index in [1.807, 2.05) is 6.92 Å². The Hall–Kier alpha value is -0.650. The lowest BCUT2D eigenvalue weighted by molar-refractivity contribution is 0.122. The third kappa shape index (κ3) is 2.93. The lowest BCUT2D eigenvalue weighted by Gasteiger charge is -2.37. The number of nitrogens with zero attached hydrogens (tertiary/aromatic N) is 3. The van der Waals surface area contributed by atoms with Gasteiger partial charge in [-0.3, -0.25) is 4.90 Å². The Morgan fingerprint density at radius 1 is 1.50 bits per heavy atom. The highest BCUT2D eigenvalue weighted by molar-refractivity contribution is 7.13. The third-order valence-electron chi connectivity index (χ3n) is 3.09. The number of hydrogen-bond donors (Lipinski definition) is 1. The molecule has 1 aromatic rings. The average Bonchev–Trinajstić information content (AvgIpc) is 2.66. The van der Waals surface area contributed by atoms with Crippen LogP contribution in [0, 0.1) is 6.92 Å². The zero-order valence-electron chi connectivity index (χ0n) is 10.2. The Bertz CT molecular complexity index is 338. The average molecular weight is 240 g/mol. The highest BCUT2D eigenvalue weighted by Gasteiger charge is 2.21. The molecular weight excluding hydrogens is 220 g/mol. The normalized spacial score (nSPS) is 23.6. The van der Waals surface area contributed by atoms with Crippen LogP contribution in [0.2, 0.25) is 0 Å². The Balaban J connectivity index is 1.84. The highest BCUT2D eigenvalue weighted by Crippen LogP contribution is 2.15. The highest BCUT2D eigenvalue weighted by atomic mass is 32.1. The predicted molar refractivity (Wildman–Crippen MR) is 69.3 cm³/mol. The summed E-state index contributed by atoms with van der Waals surface area (Å²) in [4.78, 5) is 9.23. The fourth-order valence-corrected chi connectivity index (χ4v) is 2.66. The minimum absolute atomic E-state index is 0.586. The molecule has 4 nitrogen and oxygen atoms in total. The Morgan fingerprint density at radius 3 is 3.00 bits per heavy atom. The summed E-state index contributed by atoms with van der Waals surface area (Å²) in [6.07, 6.45) is 0. The van der Waals surface area contributed by atoms with Gasteiger partial charge in [-0.15, -0.1) is 11.3 Å². The van der Waals surface area contributed by atoms with Crippen LogP contribution in [0.1, 0.15) is 5.69 Å². The molecule has 0 bridgehead atoms. The standard InChI is InChI=1S/C11H20N4S/c1-9-8-16-11(13-9)12-6-10-7-14(2)4-5-15(10)3/h8,10H,4-7H2,1-3H3,(H,12,13). The molecule has 0 aliphatic carbocycles. The zero-order valence-corrected chi connectivity index (χ0v) is 11.0. The minimum Gasteiger partial charge on any atom is -0.360 e. The molecule has 0 saturated carbocycles. The number of piperazine rings is 1. The van der Waals surface area contributed by atoms with Crippen molar-refractivity contribution >= 4 is 16.5 Å². The van der Waals surface area contributed by atoms with Crippen LogP contribution < -0.4 is 5.32 Å². The quantitative estimate of drug-likeness (QED) is 0.857. The predicted octanol–water partition coefficient (Wildman–Crippen LogP) is 1.11. The van der Waals surface area contributed by atoms with Gasteiger partial charge in [-0.2, -0.15) is 0 Å². The minimum atomic E-state index is 0.586. The number of aryl methyl sites for hydroxylation is 1. The molecular formula is C11H20N4S. The fourth-order valence-electron chi connectivity index (χ4n) is 1.96. The molecule has 90 valence electrons. The topological polar surface area (TPSA) is 31.4 Å². The molecule has 1 aliphatic rings. The molecule has 2 heterocycles. The van der Waals surface area contributed by atoms with Gasteiger partial charge in [0.2, 0.25) is 0 Å². The fraction of sp³-hybridized carbons (Fsp3) is 0.727. The summed E-state index contributed by atoms with van der Waals surface area (Å²) in [6, 6.07) is 0.586. The first-order chi connectivity index (χ1) is 7.65. The van der Waals surface area contributed by atoms with Gasteiger partial charge in [0, 0.05) is 37.6 Å². The number of anilines is 1. The van der Waals surface area contributed by atoms with E-state index in [-0.39, 0.29) is 0 Å². The molecule has 1 atom stereocenters. The van der Waals surface area contributed by atoms with Gasteiger partial charge < -0.3 is 10.2 Å². The maximum absolute atomic E-state index is 4.41. The molecule has 16 heavy (non-hydrogen) atoms. The summed E-state index contributed by atoms with van der Waals surface area (Å²) in [5.74, 6) is 0. The maximum atomic E-state index is 4.41. The monoisotopic (exact) mass is 240 g/mol. The number of likely N-dealkylation sites (N-methyl/N-ethyl adjacent to an activating group) is 2. The van der Waals surface area contributed by atoms with Crippen molar-refractivity contribution in [3.05, 3.63) is 11.1 Å². The summed E-state index contributed by atoms with van der Waals surface area (Å²) in [5, 5.41) is 6.55. The summed E-state index contributed by atoms with van der Waals surface area (Å²) >= 11 is 1.69. The summed E-state index contributed by atoms with van der Waals surface area (Å²) < 4.78 is 0. The molecule has 5 heteroatoms. The second kappa shape index (κ2) is 5.12. The summed E-state index contributed by atoms with van der Waals surface area (Å²) in [7, 11) is 4.39. The van der Waals surface area contributed by atoms with Crippen LogP contribution in [0.4, 0.5) is 5.13 Å². The lowest BCUT2D eigenvalue weighted by Crippen LogP contribution is -2.52. The molecule has 0 spiro atoms. The summed E-state index contributed by atoms with van der Waals surface area (Å²) in [5.41, 5.74) is 1.10. The second-order valence-corrected chi connectivity index (χ2v) is 5.43. The van der Waals surface area contributed by atoms with Gasteiger partial charge in [0.15, 0.2) is 5.13 Å². The van der Waals surface area contributed by atoms with Crippen molar-refractivity contribution in [3.63, 3.8) is 0 Å². The van der Waals surface area contributed by atoms with E-state index < -0.39 is 0 Å². The molecule has 0 aromatic carbocycles. The smallest absolute Gasteiger partial charge is 0.182 e. The number of hydrogen-bond acceptors (Lipinski definition) is 5. The van der Waals surface area contributed by atoms with Gasteiger partial charge in [-0.25, -0.2) is 4.98 Å². The maximum Gasteiger partial charge on any atom is 0.182 e. The lowest BCUT2D eigenvalue weighted by atomic mass is 10.2. The van der Waals surface area contributed by atoms with Crippen molar-refractivity contribution < 1.29 is 0 Å². The Labute approximate surface area is 101 Å². The van der Waals surface area contributed by atoms with Crippen LogP contribution in [0.5, 0.6) is 0 Å². The first-order valence-corrected chi connectivity index (χ1v) is 6.58. The molecule has 1 aliphatic heterocycles. The van der Waals surface area contributed by atoms with Crippen LogP contribution in [-0.4, -0.2) is 61.1 Å². The molecule has 1 N–H and O–H groups in total. The van der Waals surface area contributed by atoms with Crippen LogP contribution >= 0.6 is 11.3 Å². The van der Waals surface area contributed by atoms with E-state index in [4.69, 9.17) is 0 Å². The molecule has 1 fully saturated rings. The van der Waals surface area contributed by atoms with E-state index in [1.165, 1.54) is 6.54 Å². The molecule has 0 amide bonds. The summed E-state index contributed by atoms with van der Waals surface area (Å²) in [6.45, 7) is 6.47. The van der Waals surface area contributed by atoms with E-state index in [2.05, 4.69) is 39.6 Å². The van der Waals surface area contributed by atoms with E-state index >= 15 is 0 Å². The van der Waals surface area contributed by atoms with E-state index in [1.54, 1.807) is 11.3 Å². The Kier molecular flexibility index (Phi) is 3.78. The first-order valence-electron chi connectivity index (χ1n) is 5.70. The number of nitrogens with one attached hydrogen (secondary N) is 1. The molecule has 1 saturated heterocycles. The number of thiazole rings is 1. The van der Waals surface area contributed by atoms with E-state index in [9.17, 15) is 0 Å². The van der Waals surface area contributed by atoms with Gasteiger partial charge in [0.25, 0.3) is 0 Å². The number of aromatic nitrogens is 1. The van der Waals surface area contributed by atoms with Gasteiger partial charge >= 0.3 is 0 Å². The zero-order chi connectivity index (χ0) is 11.5. The molecule has 1 unspecified atom stereocenters. The van der Waals surface area contributed by atoms with E-state index in [0.29, 0.717) is 6.04 Å². The molecule has 2 rings (SSSR count). The van der Waals surface area contributed by atoms with Gasteiger partial charge in [-0.05, 0) is 21.0 Å². The second-order valence-electron chi connectivity index (χ2n) is 4.57. The molecule has 0 radical (unpaired) electrons. The Morgan fingerprint density at radius 2 is 2.31 bits per heavy atom. The van der Waals surface area contributed by atoms with Crippen molar-refractivity contribution in [1.82, 2.24) is 14.8 Å². The van der Waals surface area contributed by atoms with Gasteiger partial charge in [0.1, 0.15) is 0 Å². The first kappa shape index (κ1) is 11.8. The largest absolute Gasteiger partial charge is 0.360 e. The van der Waals surface area contributed by atoms with Crippen LogP contribution in [-0.2, 0) is 0 Å². The third-order valence-corrected chi connectivity index (χ3v) is 4.01. The van der Waals surface area contributed by atoms with E-state index in [0.717, 1.165) is 30.5 Å². The van der Waals surface area contributed by atoms with Crippen molar-refractivity contribution in [2.75, 3.05) is 45.6 Å². The van der Waals surface area contributed by atoms with Crippen LogP contribution in [0.15, 0.2) is 5.38 Å². The van der Waals surface area contributed by atoms with Crippen molar-refractivity contribution in [1.29, 1.82) is 0 Å². The van der Waals surface area contributed by atoms with Crippen molar-refractivity contribution in [2.24, 2.45) is 0 Å². The number of rotatable bonds is 3. The van der Waals surface area contributed by atoms with Crippen LogP contribution in [0.3, 0.4) is 0 Å². The molecule has 1 aromatic heterocycles.